The van der Waals surface area contributed by atoms with Crippen molar-refractivity contribution in [3.63, 3.8) is 0 Å². The van der Waals surface area contributed by atoms with Crippen molar-refractivity contribution in [1.82, 2.24) is 19.9 Å². The molecule has 0 saturated carbocycles. The number of thiophene rings is 1. The molecule has 0 aromatic carbocycles. The molecule has 0 aliphatic rings. The van der Waals surface area contributed by atoms with Gasteiger partial charge >= 0.3 is 0 Å². The van der Waals surface area contributed by atoms with E-state index in [-0.39, 0.29) is 5.95 Å². The largest absolute Gasteiger partial charge is 0.368 e. The smallest absolute Gasteiger partial charge is 0.222 e. The monoisotopic (exact) mass is 357 g/mol. The highest BCUT2D eigenvalue weighted by Gasteiger charge is 2.10. The van der Waals surface area contributed by atoms with Gasteiger partial charge in [-0.25, -0.2) is 9.97 Å². The van der Waals surface area contributed by atoms with Crippen molar-refractivity contribution in [2.24, 2.45) is 0 Å². The number of imidazole rings is 1. The predicted molar refractivity (Wildman–Crippen MR) is 75.9 cm³/mol. The first-order valence-electron chi connectivity index (χ1n) is 4.92. The van der Waals surface area contributed by atoms with Gasteiger partial charge in [-0.1, -0.05) is 0 Å². The summed E-state index contributed by atoms with van der Waals surface area (Å²) in [5, 5.41) is 0. The summed E-state index contributed by atoms with van der Waals surface area (Å²) in [5.74, 6) is 0.269. The molecule has 86 valence electrons. The van der Waals surface area contributed by atoms with Gasteiger partial charge in [0, 0.05) is 11.3 Å². The number of fused-ring (bicyclic) bond motifs is 1. The topological polar surface area (TPSA) is 80.5 Å². The Morgan fingerprint density at radius 2 is 2.24 bits per heavy atom. The Hall–Kier alpha value is -1.22. The van der Waals surface area contributed by atoms with Gasteiger partial charge in [-0.15, -0.1) is 11.3 Å². The third-order valence-corrected chi connectivity index (χ3v) is 4.24. The van der Waals surface area contributed by atoms with Gasteiger partial charge in [-0.05, 0) is 34.7 Å². The fourth-order valence-electron chi connectivity index (χ4n) is 1.65. The van der Waals surface area contributed by atoms with Crippen LogP contribution in [0.4, 0.5) is 5.95 Å². The number of rotatable bonds is 2. The first-order chi connectivity index (χ1) is 8.22. The summed E-state index contributed by atoms with van der Waals surface area (Å²) in [7, 11) is 0. The highest BCUT2D eigenvalue weighted by Crippen LogP contribution is 2.23. The predicted octanol–water partition coefficient (Wildman–Crippen LogP) is 2.19. The lowest BCUT2D eigenvalue weighted by molar-refractivity contribution is 1.08. The molecule has 0 atom stereocenters. The second-order valence-electron chi connectivity index (χ2n) is 3.51. The number of hydrogen-bond donors (Lipinski definition) is 2. The van der Waals surface area contributed by atoms with Crippen LogP contribution >= 0.6 is 33.9 Å². The maximum atomic E-state index is 5.67. The van der Waals surface area contributed by atoms with E-state index in [1.807, 2.05) is 0 Å². The molecule has 3 N–H and O–H groups in total. The van der Waals surface area contributed by atoms with E-state index in [9.17, 15) is 0 Å². The highest BCUT2D eigenvalue weighted by atomic mass is 127. The van der Waals surface area contributed by atoms with Gasteiger partial charge in [0.2, 0.25) is 5.95 Å². The number of hydrogen-bond acceptors (Lipinski definition) is 5. The SMILES string of the molecule is Nc1nc(Cc2ccc(I)s2)c2[nH]cnc2n1. The molecule has 17 heavy (non-hydrogen) atoms. The van der Waals surface area contributed by atoms with E-state index < -0.39 is 0 Å². The summed E-state index contributed by atoms with van der Waals surface area (Å²) in [6.45, 7) is 0. The quantitative estimate of drug-likeness (QED) is 0.689. The van der Waals surface area contributed by atoms with E-state index in [2.05, 4.69) is 54.7 Å². The molecule has 7 heteroatoms. The minimum Gasteiger partial charge on any atom is -0.368 e. The molecule has 0 unspecified atom stereocenters. The van der Waals surface area contributed by atoms with Gasteiger partial charge in [0.05, 0.1) is 14.9 Å². The number of aromatic amines is 1. The zero-order chi connectivity index (χ0) is 11.8. The fraction of sp³-hybridized carbons (Fsp3) is 0.100. The number of H-pyrrole nitrogens is 1. The molecule has 3 rings (SSSR count). The number of nitrogens with one attached hydrogen (secondary N) is 1. The molecule has 0 aliphatic carbocycles. The van der Waals surface area contributed by atoms with Crippen LogP contribution in [-0.2, 0) is 6.42 Å². The van der Waals surface area contributed by atoms with E-state index in [1.54, 1.807) is 17.7 Å². The molecule has 0 aliphatic heterocycles. The summed E-state index contributed by atoms with van der Waals surface area (Å²) in [6.07, 6.45) is 2.36. The number of nitrogen functional groups attached to an aromatic ring is 1. The van der Waals surface area contributed by atoms with Crippen LogP contribution in [0.25, 0.3) is 11.2 Å². The normalized spacial score (nSPS) is 11.1. The first kappa shape index (κ1) is 10.9. The van der Waals surface area contributed by atoms with Crippen LogP contribution in [0.2, 0.25) is 0 Å². The van der Waals surface area contributed by atoms with Gasteiger partial charge in [0.25, 0.3) is 0 Å². The number of aromatic nitrogens is 4. The van der Waals surface area contributed by atoms with E-state index >= 15 is 0 Å². The zero-order valence-corrected chi connectivity index (χ0v) is 11.6. The van der Waals surface area contributed by atoms with Crippen molar-refractivity contribution in [3.8, 4) is 0 Å². The molecule has 3 aromatic rings. The number of nitrogens with zero attached hydrogens (tertiary/aromatic N) is 3. The molecule has 0 saturated heterocycles. The molecular weight excluding hydrogens is 349 g/mol. The second kappa shape index (κ2) is 4.22. The van der Waals surface area contributed by atoms with Crippen molar-refractivity contribution < 1.29 is 0 Å². The molecule has 0 fully saturated rings. The number of anilines is 1. The Kier molecular flexibility index (Phi) is 2.71. The Bertz CT molecular complexity index is 674. The van der Waals surface area contributed by atoms with Crippen LogP contribution in [0.15, 0.2) is 18.5 Å². The Morgan fingerprint density at radius 1 is 1.35 bits per heavy atom. The van der Waals surface area contributed by atoms with Gasteiger partial charge in [-0.3, -0.25) is 0 Å². The molecule has 3 heterocycles. The van der Waals surface area contributed by atoms with Crippen molar-refractivity contribution in [2.45, 2.75) is 6.42 Å². The van der Waals surface area contributed by atoms with Crippen molar-refractivity contribution in [2.75, 3.05) is 5.73 Å². The maximum absolute atomic E-state index is 5.67. The molecular formula is C10H8IN5S. The summed E-state index contributed by atoms with van der Waals surface area (Å²) < 4.78 is 1.26. The van der Waals surface area contributed by atoms with Crippen LogP contribution in [-0.4, -0.2) is 19.9 Å². The van der Waals surface area contributed by atoms with Crippen LogP contribution in [0.1, 0.15) is 10.6 Å². The van der Waals surface area contributed by atoms with Crippen molar-refractivity contribution in [1.29, 1.82) is 0 Å². The minimum atomic E-state index is 0.269. The minimum absolute atomic E-state index is 0.269. The van der Waals surface area contributed by atoms with E-state index in [4.69, 9.17) is 5.73 Å². The van der Waals surface area contributed by atoms with Crippen LogP contribution in [0.5, 0.6) is 0 Å². The number of halogens is 1. The fourth-order valence-corrected chi connectivity index (χ4v) is 3.41. The second-order valence-corrected chi connectivity index (χ2v) is 6.57. The average Bonchev–Trinajstić information content (AvgIpc) is 2.87. The standard InChI is InChI=1S/C10H8IN5S/c11-7-2-1-5(17-7)3-6-8-9(14-4-13-8)16-10(12)15-6/h1-2,4H,3H2,(H3,12,13,14,15,16). The molecule has 3 aromatic heterocycles. The third-order valence-electron chi connectivity index (χ3n) is 2.35. The lowest BCUT2D eigenvalue weighted by Gasteiger charge is -2.00. The van der Waals surface area contributed by atoms with E-state index in [1.165, 1.54) is 7.76 Å². The summed E-state index contributed by atoms with van der Waals surface area (Å²) in [4.78, 5) is 16.8. The van der Waals surface area contributed by atoms with Crippen molar-refractivity contribution in [3.05, 3.63) is 31.9 Å². The molecule has 5 nitrogen and oxygen atoms in total. The van der Waals surface area contributed by atoms with Crippen LogP contribution in [0, 0.1) is 2.88 Å². The molecule has 0 bridgehead atoms. The van der Waals surface area contributed by atoms with Crippen LogP contribution < -0.4 is 5.73 Å². The highest BCUT2D eigenvalue weighted by molar-refractivity contribution is 14.1. The Balaban J connectivity index is 2.07. The lowest BCUT2D eigenvalue weighted by atomic mass is 10.2. The maximum Gasteiger partial charge on any atom is 0.222 e. The molecule has 0 amide bonds. The van der Waals surface area contributed by atoms with Crippen LogP contribution in [0.3, 0.4) is 0 Å². The third kappa shape index (κ3) is 2.12. The zero-order valence-electron chi connectivity index (χ0n) is 8.64. The average molecular weight is 357 g/mol. The lowest BCUT2D eigenvalue weighted by Crippen LogP contribution is -2.00. The molecule has 0 spiro atoms. The van der Waals surface area contributed by atoms with Gasteiger partial charge in [-0.2, -0.15) is 4.98 Å². The summed E-state index contributed by atoms with van der Waals surface area (Å²) >= 11 is 4.06. The van der Waals surface area contributed by atoms with E-state index in [0.717, 1.165) is 17.6 Å². The Labute approximate surface area is 115 Å². The van der Waals surface area contributed by atoms with Gasteiger partial charge in [0.15, 0.2) is 5.65 Å². The van der Waals surface area contributed by atoms with Gasteiger partial charge in [0.1, 0.15) is 5.52 Å². The summed E-state index contributed by atoms with van der Waals surface area (Å²) in [5.41, 5.74) is 8.05. The molecule has 0 radical (unpaired) electrons. The number of nitrogens with two attached hydrogens (primary N) is 1. The summed E-state index contributed by atoms with van der Waals surface area (Å²) in [6, 6.07) is 4.20. The first-order valence-corrected chi connectivity index (χ1v) is 6.81. The van der Waals surface area contributed by atoms with Gasteiger partial charge < -0.3 is 10.7 Å². The van der Waals surface area contributed by atoms with E-state index in [0.29, 0.717) is 5.65 Å². The van der Waals surface area contributed by atoms with Crippen molar-refractivity contribution >= 4 is 51.0 Å². The Morgan fingerprint density at radius 3 is 3.00 bits per heavy atom.